The van der Waals surface area contributed by atoms with Crippen LogP contribution in [0.25, 0.3) is 0 Å². The third-order valence-corrected chi connectivity index (χ3v) is 1.41. The number of hydrazine groups is 1. The zero-order chi connectivity index (χ0) is 3.54. The summed E-state index contributed by atoms with van der Waals surface area (Å²) < 4.78 is 0. The normalized spacial score (nSPS) is 13.1. The lowest BCUT2D eigenvalue weighted by atomic mass is 10.8. The van der Waals surface area contributed by atoms with E-state index in [9.17, 15) is 0 Å². The first-order chi connectivity index (χ1) is 2.50. The van der Waals surface area contributed by atoms with Crippen molar-refractivity contribution < 1.29 is 28.2 Å². The van der Waals surface area contributed by atoms with Crippen LogP contribution in [0, 0.1) is 0 Å². The second kappa shape index (κ2) is 32.6. The maximum Gasteiger partial charge on any atom is 0.0152 e. The predicted molar refractivity (Wildman–Crippen MR) is 39.3 cm³/mol. The summed E-state index contributed by atoms with van der Waals surface area (Å²) in [4.78, 5) is 0. The molecule has 78 valence electrons. The number of hydrogen-bond donors (Lipinski definition) is 2. The minimum absolute atomic E-state index is 0. The summed E-state index contributed by atoms with van der Waals surface area (Å²) in [6, 6.07) is 0. The molecule has 0 amide bonds. The van der Waals surface area contributed by atoms with Crippen LogP contribution in [0.2, 0.25) is 0 Å². The third-order valence-electron chi connectivity index (χ3n) is 0.552. The fourth-order valence-electron chi connectivity index (χ4n) is 0.312. The van der Waals surface area contributed by atoms with E-state index in [2.05, 4.69) is 10.6 Å². The lowest BCUT2D eigenvalue weighted by Gasteiger charge is -1.80. The van der Waals surface area contributed by atoms with E-state index in [1.807, 2.05) is 0 Å². The summed E-state index contributed by atoms with van der Waals surface area (Å²) in [5.74, 6) is 0. The van der Waals surface area contributed by atoms with Crippen LogP contribution in [0.3, 0.4) is 0 Å². The van der Waals surface area contributed by atoms with Crippen LogP contribution in [-0.2, 0) is 0 Å². The molecule has 1 rings (SSSR count). The van der Waals surface area contributed by atoms with Crippen LogP contribution < -0.4 is 10.6 Å². The molecule has 1 unspecified atom stereocenters. The van der Waals surface area contributed by atoms with Crippen molar-refractivity contribution in [3.63, 3.8) is 0 Å². The largest absolute Gasteiger partial charge is 0.269 e. The molecule has 2 nitrogen and oxygen atoms in total. The molecule has 0 spiro atoms. The molecule has 1 saturated heterocycles. The third kappa shape index (κ3) is 25.7. The van der Waals surface area contributed by atoms with E-state index in [4.69, 9.17) is 0 Å². The van der Waals surface area contributed by atoms with Gasteiger partial charge >= 0.3 is 0 Å². The van der Waals surface area contributed by atoms with E-state index in [0.29, 0.717) is 0 Å². The lowest BCUT2D eigenvalue weighted by molar-refractivity contribution is 0.763. The Morgan fingerprint density at radius 3 is 1.36 bits per heavy atom. The molecule has 0 bridgehead atoms. The smallest absolute Gasteiger partial charge is 0.0152 e. The topological polar surface area (TPSA) is 24.1 Å². The highest BCUT2D eigenvalue weighted by Crippen LogP contribution is 2.01. The fourth-order valence-corrected chi connectivity index (χ4v) is 0.937. The van der Waals surface area contributed by atoms with Crippen LogP contribution in [0.5, 0.6) is 0 Å². The van der Waals surface area contributed by atoms with Gasteiger partial charge in [-0.15, -0.1) is 0 Å². The highest BCUT2D eigenvalue weighted by Gasteiger charge is 1.91. The van der Waals surface area contributed by atoms with Gasteiger partial charge in [-0.3, -0.25) is 33.7 Å². The molecule has 0 radical (unpaired) electrons. The minimum Gasteiger partial charge on any atom is -0.269 e. The minimum atomic E-state index is 0. The Labute approximate surface area is 61.5 Å². The highest BCUT2D eigenvalue weighted by atomic mass is 31.1. The molecule has 0 aromatic carbocycles. The number of halogens is 6. The predicted octanol–water partition coefficient (Wildman–Crippen LogP) is 0.603. The summed E-state index contributed by atoms with van der Waals surface area (Å²) >= 11 is 0. The molecule has 1 atom stereocenters. The SMILES string of the molecule is C1CPNN1.F.F.F.F.F.F. The summed E-state index contributed by atoms with van der Waals surface area (Å²) in [6.07, 6.45) is 1.31. The monoisotopic (exact) mass is 210 g/mol. The van der Waals surface area contributed by atoms with Gasteiger partial charge in [0.05, 0.1) is 0 Å². The number of hydrogen-bond acceptors (Lipinski definition) is 2. The van der Waals surface area contributed by atoms with Crippen molar-refractivity contribution in [1.82, 2.24) is 10.6 Å². The molecular formula is C2H13F6N2P. The Balaban J connectivity index is -0.0000000104. The molecule has 0 aromatic rings. The zero-order valence-corrected chi connectivity index (χ0v) is 6.36. The van der Waals surface area contributed by atoms with E-state index in [0.717, 1.165) is 15.3 Å². The molecule has 11 heavy (non-hydrogen) atoms. The van der Waals surface area contributed by atoms with Crippen molar-refractivity contribution in [3.05, 3.63) is 0 Å². The van der Waals surface area contributed by atoms with Crippen LogP contribution in [0.1, 0.15) is 0 Å². The summed E-state index contributed by atoms with van der Waals surface area (Å²) in [7, 11) is 0.948. The zero-order valence-electron chi connectivity index (χ0n) is 5.36. The van der Waals surface area contributed by atoms with Crippen LogP contribution in [0.4, 0.5) is 28.2 Å². The van der Waals surface area contributed by atoms with E-state index in [1.165, 1.54) is 6.16 Å². The second-order valence-corrected chi connectivity index (χ2v) is 2.08. The Hall–Kier alpha value is -0.0700. The van der Waals surface area contributed by atoms with Gasteiger partial charge in [-0.25, -0.2) is 5.20 Å². The average Bonchev–Trinajstić information content (AvgIpc) is 1.76. The van der Waals surface area contributed by atoms with Crippen LogP contribution in [0.15, 0.2) is 0 Å². The van der Waals surface area contributed by atoms with E-state index in [1.54, 1.807) is 0 Å². The number of rotatable bonds is 0. The standard InChI is InChI=1S/C2H7N2P.6FH/c1-2-5-4-3-1;;;;;;/h3-5H,1-2H2;6*1H. The maximum atomic E-state index is 3.00. The average molecular weight is 210 g/mol. The molecule has 1 aliphatic heterocycles. The van der Waals surface area contributed by atoms with Gasteiger partial charge in [-0.05, 0) is 14.9 Å². The first-order valence-electron chi connectivity index (χ1n) is 1.71. The van der Waals surface area contributed by atoms with Crippen LogP contribution in [-0.4, -0.2) is 12.7 Å². The maximum absolute atomic E-state index is 3.00. The van der Waals surface area contributed by atoms with Gasteiger partial charge in [0, 0.05) is 6.54 Å². The fraction of sp³-hybridized carbons (Fsp3) is 1.00. The molecule has 0 aliphatic carbocycles. The van der Waals surface area contributed by atoms with Gasteiger partial charge in [-0.1, -0.05) is 0 Å². The summed E-state index contributed by atoms with van der Waals surface area (Å²) in [5.41, 5.74) is 2.98. The molecule has 2 N–H and O–H groups in total. The summed E-state index contributed by atoms with van der Waals surface area (Å²) in [6.45, 7) is 1.15. The van der Waals surface area contributed by atoms with Gasteiger partial charge in [0.1, 0.15) is 0 Å². The van der Waals surface area contributed by atoms with Crippen molar-refractivity contribution in [2.45, 2.75) is 0 Å². The molecule has 0 saturated carbocycles. The molecule has 1 fully saturated rings. The highest BCUT2D eigenvalue weighted by molar-refractivity contribution is 7.35. The molecule has 9 heteroatoms. The van der Waals surface area contributed by atoms with Crippen molar-refractivity contribution in [3.8, 4) is 0 Å². The van der Waals surface area contributed by atoms with Gasteiger partial charge in [-0.2, -0.15) is 0 Å². The van der Waals surface area contributed by atoms with Crippen molar-refractivity contribution in [2.24, 2.45) is 0 Å². The van der Waals surface area contributed by atoms with Crippen molar-refractivity contribution in [2.75, 3.05) is 12.7 Å². The summed E-state index contributed by atoms with van der Waals surface area (Å²) in [5, 5.41) is 3.00. The molecule has 0 aromatic heterocycles. The van der Waals surface area contributed by atoms with Crippen LogP contribution >= 0.6 is 8.73 Å². The Morgan fingerprint density at radius 2 is 1.27 bits per heavy atom. The van der Waals surface area contributed by atoms with Crippen molar-refractivity contribution in [1.29, 1.82) is 0 Å². The first kappa shape index (κ1) is 44.3. The van der Waals surface area contributed by atoms with Crippen molar-refractivity contribution >= 4 is 8.73 Å². The van der Waals surface area contributed by atoms with Gasteiger partial charge in [0.15, 0.2) is 0 Å². The molecule has 1 heterocycles. The van der Waals surface area contributed by atoms with Gasteiger partial charge in [0.2, 0.25) is 0 Å². The lowest BCUT2D eigenvalue weighted by Crippen LogP contribution is -2.16. The van der Waals surface area contributed by atoms with Gasteiger partial charge < -0.3 is 0 Å². The Kier molecular flexibility index (Phi) is 131. The Morgan fingerprint density at radius 1 is 0.818 bits per heavy atom. The molecular weight excluding hydrogens is 197 g/mol. The van der Waals surface area contributed by atoms with Gasteiger partial charge in [0.25, 0.3) is 0 Å². The Bertz CT molecular complexity index is 30.2. The first-order valence-corrected chi connectivity index (χ1v) is 2.91. The number of nitrogens with one attached hydrogen (secondary N) is 2. The quantitative estimate of drug-likeness (QED) is 0.452. The van der Waals surface area contributed by atoms with E-state index in [-0.39, 0.29) is 28.2 Å². The molecule has 1 aliphatic rings. The second-order valence-electron chi connectivity index (χ2n) is 0.979. The van der Waals surface area contributed by atoms with E-state index >= 15 is 0 Å². The van der Waals surface area contributed by atoms with E-state index < -0.39 is 0 Å².